The number of fused-ring (bicyclic) bond motifs is 1. The zero-order chi connectivity index (χ0) is 14.8. The van der Waals surface area contributed by atoms with E-state index in [0.717, 1.165) is 16.5 Å². The van der Waals surface area contributed by atoms with E-state index in [1.807, 2.05) is 42.0 Å². The van der Waals surface area contributed by atoms with Gasteiger partial charge < -0.3 is 10.3 Å². The lowest BCUT2D eigenvalue weighted by Crippen LogP contribution is -2.18. The summed E-state index contributed by atoms with van der Waals surface area (Å²) in [5, 5.41) is 1.04. The van der Waals surface area contributed by atoms with E-state index in [-0.39, 0.29) is 23.6 Å². The van der Waals surface area contributed by atoms with E-state index in [0.29, 0.717) is 13.0 Å². The van der Waals surface area contributed by atoms with Crippen molar-refractivity contribution in [3.8, 4) is 0 Å². The van der Waals surface area contributed by atoms with Crippen molar-refractivity contribution in [3.63, 3.8) is 0 Å². The molecule has 0 fully saturated rings. The minimum Gasteiger partial charge on any atom is -0.346 e. The van der Waals surface area contributed by atoms with E-state index in [1.54, 1.807) is 0 Å². The van der Waals surface area contributed by atoms with Gasteiger partial charge in [-0.15, -0.1) is 0 Å². The number of halogens is 3. The van der Waals surface area contributed by atoms with Crippen LogP contribution in [0.3, 0.4) is 0 Å². The van der Waals surface area contributed by atoms with Crippen molar-refractivity contribution in [2.24, 2.45) is 5.73 Å². The van der Waals surface area contributed by atoms with Crippen LogP contribution >= 0.6 is 11.8 Å². The summed E-state index contributed by atoms with van der Waals surface area (Å²) < 4.78 is 38.4. The molecule has 6 heteroatoms. The number of alkyl halides is 3. The summed E-state index contributed by atoms with van der Waals surface area (Å²) in [5.41, 5.74) is 3.74. The molecule has 0 saturated carbocycles. The second kappa shape index (κ2) is 6.10. The predicted octanol–water partition coefficient (Wildman–Crippen LogP) is 3.78. The Kier molecular flexibility index (Phi) is 4.65. The van der Waals surface area contributed by atoms with Crippen LogP contribution in [0, 0.1) is 0 Å². The fourth-order valence-corrected chi connectivity index (χ4v) is 2.82. The second-order valence-electron chi connectivity index (χ2n) is 4.84. The van der Waals surface area contributed by atoms with Gasteiger partial charge in [0.15, 0.2) is 0 Å². The van der Waals surface area contributed by atoms with Crippen molar-refractivity contribution in [2.75, 3.05) is 5.75 Å². The first-order valence-corrected chi connectivity index (χ1v) is 7.38. The van der Waals surface area contributed by atoms with Gasteiger partial charge in [0, 0.05) is 24.5 Å². The van der Waals surface area contributed by atoms with Crippen LogP contribution in [0.5, 0.6) is 0 Å². The zero-order valence-corrected chi connectivity index (χ0v) is 12.0. The van der Waals surface area contributed by atoms with Crippen molar-refractivity contribution in [3.05, 3.63) is 36.0 Å². The average Bonchev–Trinajstić information content (AvgIpc) is 2.71. The summed E-state index contributed by atoms with van der Waals surface area (Å²) >= 11 is 0.0146. The molecule has 0 aliphatic carbocycles. The van der Waals surface area contributed by atoms with Gasteiger partial charge in [-0.05, 0) is 42.1 Å². The van der Waals surface area contributed by atoms with E-state index >= 15 is 0 Å². The number of aryl methyl sites for hydroxylation is 1. The van der Waals surface area contributed by atoms with Gasteiger partial charge in [0.25, 0.3) is 0 Å². The third-order valence-corrected chi connectivity index (χ3v) is 3.73. The Morgan fingerprint density at radius 2 is 2.05 bits per heavy atom. The van der Waals surface area contributed by atoms with Crippen molar-refractivity contribution < 1.29 is 13.2 Å². The molecule has 1 heterocycles. The molecule has 110 valence electrons. The fourth-order valence-electron chi connectivity index (χ4n) is 2.30. The maximum absolute atomic E-state index is 12.2. The first-order chi connectivity index (χ1) is 9.37. The molecule has 2 nitrogen and oxygen atoms in total. The summed E-state index contributed by atoms with van der Waals surface area (Å²) in [5.74, 6) is 0.0137. The largest absolute Gasteiger partial charge is 0.441 e. The van der Waals surface area contributed by atoms with Gasteiger partial charge in [0.05, 0.1) is 5.52 Å². The Labute approximate surface area is 120 Å². The predicted molar refractivity (Wildman–Crippen MR) is 77.8 cm³/mol. The summed E-state index contributed by atoms with van der Waals surface area (Å²) in [7, 11) is 0. The first kappa shape index (κ1) is 15.3. The molecule has 20 heavy (non-hydrogen) atoms. The average molecular weight is 302 g/mol. The van der Waals surface area contributed by atoms with Crippen LogP contribution < -0.4 is 5.73 Å². The van der Waals surface area contributed by atoms with Gasteiger partial charge in [-0.3, -0.25) is 0 Å². The van der Waals surface area contributed by atoms with Crippen LogP contribution in [0.15, 0.2) is 30.5 Å². The smallest absolute Gasteiger partial charge is 0.346 e. The number of hydrogen-bond donors (Lipinski definition) is 1. The standard InChI is InChI=1S/C14H17F3N2S/c1-10(18)9-12-4-2-3-11-5-6-19(13(11)12)7-8-20-14(15,16)17/h2-6,10H,7-9,18H2,1H3. The number of rotatable bonds is 5. The molecule has 2 N–H and O–H groups in total. The summed E-state index contributed by atoms with van der Waals surface area (Å²) in [6.45, 7) is 2.26. The van der Waals surface area contributed by atoms with Crippen molar-refractivity contribution >= 4 is 22.7 Å². The summed E-state index contributed by atoms with van der Waals surface area (Å²) in [4.78, 5) is 0. The van der Waals surface area contributed by atoms with Crippen molar-refractivity contribution in [2.45, 2.75) is 31.4 Å². The highest BCUT2D eigenvalue weighted by Crippen LogP contribution is 2.30. The highest BCUT2D eigenvalue weighted by atomic mass is 32.2. The van der Waals surface area contributed by atoms with Crippen LogP contribution in [0.1, 0.15) is 12.5 Å². The number of nitrogens with two attached hydrogens (primary N) is 1. The molecule has 2 aromatic rings. The lowest BCUT2D eigenvalue weighted by Gasteiger charge is -2.12. The molecular weight excluding hydrogens is 285 g/mol. The molecule has 1 atom stereocenters. The maximum atomic E-state index is 12.2. The number of nitrogens with zero attached hydrogens (tertiary/aromatic N) is 1. The summed E-state index contributed by atoms with van der Waals surface area (Å²) in [6.07, 6.45) is 2.56. The fraction of sp³-hybridized carbons (Fsp3) is 0.429. The molecule has 0 aliphatic heterocycles. The Hall–Kier alpha value is -1.14. The minimum atomic E-state index is -4.17. The monoisotopic (exact) mass is 302 g/mol. The number of para-hydroxylation sites is 1. The lowest BCUT2D eigenvalue weighted by atomic mass is 10.0. The zero-order valence-electron chi connectivity index (χ0n) is 11.2. The molecule has 1 unspecified atom stereocenters. The van der Waals surface area contributed by atoms with Crippen LogP contribution in [0.2, 0.25) is 0 Å². The molecule has 0 radical (unpaired) electrons. The summed E-state index contributed by atoms with van der Waals surface area (Å²) in [6, 6.07) is 7.85. The molecule has 0 saturated heterocycles. The first-order valence-electron chi connectivity index (χ1n) is 6.40. The topological polar surface area (TPSA) is 30.9 Å². The number of hydrogen-bond acceptors (Lipinski definition) is 2. The van der Waals surface area contributed by atoms with E-state index in [1.165, 1.54) is 0 Å². The molecule has 0 bridgehead atoms. The lowest BCUT2D eigenvalue weighted by molar-refractivity contribution is -0.0328. The van der Waals surface area contributed by atoms with Gasteiger partial charge in [0.1, 0.15) is 0 Å². The normalized spacial score (nSPS) is 13.8. The Morgan fingerprint density at radius 1 is 1.30 bits per heavy atom. The van der Waals surface area contributed by atoms with Gasteiger partial charge in [0.2, 0.25) is 0 Å². The van der Waals surface area contributed by atoms with Gasteiger partial charge in [-0.2, -0.15) is 13.2 Å². The van der Waals surface area contributed by atoms with Crippen LogP contribution in [-0.2, 0) is 13.0 Å². The van der Waals surface area contributed by atoms with Gasteiger partial charge in [-0.1, -0.05) is 18.2 Å². The van der Waals surface area contributed by atoms with E-state index < -0.39 is 5.51 Å². The minimum absolute atomic E-state index is 0.0137. The molecule has 1 aromatic heterocycles. The quantitative estimate of drug-likeness (QED) is 0.911. The van der Waals surface area contributed by atoms with Gasteiger partial charge in [-0.25, -0.2) is 0 Å². The molecule has 0 spiro atoms. The molecule has 0 amide bonds. The highest BCUT2D eigenvalue weighted by molar-refractivity contribution is 8.00. The Bertz CT molecular complexity index is 575. The van der Waals surface area contributed by atoms with E-state index in [2.05, 4.69) is 0 Å². The second-order valence-corrected chi connectivity index (χ2v) is 6.00. The highest BCUT2D eigenvalue weighted by Gasteiger charge is 2.27. The van der Waals surface area contributed by atoms with Crippen molar-refractivity contribution in [1.29, 1.82) is 0 Å². The van der Waals surface area contributed by atoms with Crippen LogP contribution in [0.4, 0.5) is 13.2 Å². The number of benzene rings is 1. The Balaban J connectivity index is 2.21. The van der Waals surface area contributed by atoms with Crippen molar-refractivity contribution in [1.82, 2.24) is 4.57 Å². The van der Waals surface area contributed by atoms with E-state index in [9.17, 15) is 13.2 Å². The molecular formula is C14H17F3N2S. The molecule has 2 rings (SSSR count). The third kappa shape index (κ3) is 3.93. The number of aromatic nitrogens is 1. The van der Waals surface area contributed by atoms with Crippen LogP contribution in [0.25, 0.3) is 10.9 Å². The number of thioether (sulfide) groups is 1. The van der Waals surface area contributed by atoms with E-state index in [4.69, 9.17) is 5.73 Å². The van der Waals surface area contributed by atoms with Gasteiger partial charge >= 0.3 is 5.51 Å². The maximum Gasteiger partial charge on any atom is 0.441 e. The SMILES string of the molecule is CC(N)Cc1cccc2ccn(CCSC(F)(F)F)c12. The van der Waals surface area contributed by atoms with Crippen LogP contribution in [-0.4, -0.2) is 21.9 Å². The molecule has 1 aromatic carbocycles. The Morgan fingerprint density at radius 3 is 2.70 bits per heavy atom. The third-order valence-electron chi connectivity index (χ3n) is 3.01. The molecule has 0 aliphatic rings.